The number of aliphatic hydroxyl groups is 2. The van der Waals surface area contributed by atoms with Gasteiger partial charge in [-0.05, 0) is 54.7 Å². The van der Waals surface area contributed by atoms with Gasteiger partial charge in [0.25, 0.3) is 0 Å². The van der Waals surface area contributed by atoms with Gasteiger partial charge in [-0.15, -0.1) is 0 Å². The number of piperidine rings is 1. The topological polar surface area (TPSA) is 181 Å². The first-order chi connectivity index (χ1) is 21.5. The number of pyridine rings is 1. The van der Waals surface area contributed by atoms with Crippen LogP contribution in [-0.2, 0) is 31.1 Å². The number of aromatic nitrogens is 1. The predicted octanol–water partition coefficient (Wildman–Crippen LogP) is 1.32. The number of ether oxygens (including phenoxy) is 2. The fraction of sp³-hybridized carbons (Fsp3) is 0.452. The summed E-state index contributed by atoms with van der Waals surface area (Å²) in [6, 6.07) is 15.2. The molecule has 0 radical (unpaired) electrons. The molecule has 1 aromatic heterocycles. The van der Waals surface area contributed by atoms with Crippen LogP contribution in [0.3, 0.4) is 0 Å². The highest BCUT2D eigenvalue weighted by Gasteiger charge is 2.44. The smallest absolute Gasteiger partial charge is 0.244 e. The summed E-state index contributed by atoms with van der Waals surface area (Å²) in [6.07, 6.45) is 3.98. The third-order valence-electron chi connectivity index (χ3n) is 8.33. The van der Waals surface area contributed by atoms with Crippen LogP contribution in [0.5, 0.6) is 5.75 Å². The molecule has 2 atom stereocenters. The zero-order valence-electron chi connectivity index (χ0n) is 24.9. The Morgan fingerprint density at radius 2 is 1.80 bits per heavy atom. The number of aliphatic hydroxyl groups excluding tert-OH is 2. The van der Waals surface area contributed by atoms with Gasteiger partial charge in [-0.3, -0.25) is 4.98 Å². The second-order valence-electron chi connectivity index (χ2n) is 11.5. The molecule has 0 aliphatic carbocycles. The van der Waals surface area contributed by atoms with Crippen LogP contribution in [0.2, 0.25) is 0 Å². The summed E-state index contributed by atoms with van der Waals surface area (Å²) in [7, 11) is -7.35. The second kappa shape index (κ2) is 14.2. The van der Waals surface area contributed by atoms with Crippen molar-refractivity contribution in [2.75, 3.05) is 45.2 Å². The minimum Gasteiger partial charge on any atom is -0.491 e. The van der Waals surface area contributed by atoms with Crippen LogP contribution >= 0.6 is 0 Å². The molecule has 1 unspecified atom stereocenters. The van der Waals surface area contributed by atoms with Crippen LogP contribution in [-0.4, -0.2) is 99.3 Å². The van der Waals surface area contributed by atoms with Gasteiger partial charge in [0.15, 0.2) is 9.84 Å². The Morgan fingerprint density at radius 3 is 2.51 bits per heavy atom. The van der Waals surface area contributed by atoms with E-state index in [4.69, 9.17) is 20.3 Å². The van der Waals surface area contributed by atoms with E-state index in [0.29, 0.717) is 56.8 Å². The van der Waals surface area contributed by atoms with Crippen LogP contribution in [0, 0.1) is 0 Å². The molecule has 2 saturated heterocycles. The molecule has 2 aliphatic heterocycles. The van der Waals surface area contributed by atoms with E-state index in [1.54, 1.807) is 24.4 Å². The maximum absolute atomic E-state index is 13.5. The monoisotopic (exact) mass is 660 g/mol. The molecule has 1 spiro atoms. The minimum atomic E-state index is -3.74. The Hall–Kier alpha value is -2.95. The van der Waals surface area contributed by atoms with Gasteiger partial charge < -0.3 is 30.7 Å². The summed E-state index contributed by atoms with van der Waals surface area (Å²) in [4.78, 5) is 4.41. The molecule has 0 bridgehead atoms. The molecule has 244 valence electrons. The third-order valence-corrected chi connectivity index (χ3v) is 11.9. The lowest BCUT2D eigenvalue weighted by molar-refractivity contribution is -0.0312. The molecule has 5 rings (SSSR count). The van der Waals surface area contributed by atoms with Crippen molar-refractivity contribution in [3.05, 3.63) is 72.6 Å². The fourth-order valence-electron chi connectivity index (χ4n) is 5.71. The molecule has 2 fully saturated rings. The van der Waals surface area contributed by atoms with Gasteiger partial charge in [0.1, 0.15) is 23.4 Å². The number of hydrogen-bond donors (Lipinski definition) is 4. The number of sulfonamides is 1. The van der Waals surface area contributed by atoms with E-state index < -0.39 is 38.2 Å². The van der Waals surface area contributed by atoms with E-state index in [1.807, 2.05) is 24.3 Å². The number of nitrogens with two attached hydrogens (primary N) is 1. The molecule has 12 nitrogen and oxygen atoms in total. The Morgan fingerprint density at radius 1 is 1.04 bits per heavy atom. The summed E-state index contributed by atoms with van der Waals surface area (Å²) in [6.45, 7) is 1.26. The number of nitrogens with one attached hydrogen (secondary N) is 1. The van der Waals surface area contributed by atoms with E-state index in [1.165, 1.54) is 22.6 Å². The van der Waals surface area contributed by atoms with Gasteiger partial charge in [0.2, 0.25) is 10.0 Å². The standard InChI is InChI=1S/C31H40N4O8S2/c32-17-23-4-6-24(7-5-23)25-14-30(20-33-18-25)45(40,41)35-10-8-31(9-11-35)16-26(21-43-31)34-19-27(37)22-42-28-2-1-3-29(15-28)44(38,39)13-12-36/h1-7,14-15,18,20,26-27,34,36-37H,8-13,16-17,19,21-22,32H2/t26-,27?/m1/s1. The normalized spacial score (nSPS) is 19.5. The summed E-state index contributed by atoms with van der Waals surface area (Å²) in [5.41, 5.74) is 7.82. The summed E-state index contributed by atoms with van der Waals surface area (Å²) in [5.74, 6) is -0.0692. The predicted molar refractivity (Wildman–Crippen MR) is 168 cm³/mol. The van der Waals surface area contributed by atoms with Gasteiger partial charge in [-0.1, -0.05) is 30.3 Å². The first-order valence-electron chi connectivity index (χ1n) is 14.9. The molecule has 0 amide bonds. The summed E-state index contributed by atoms with van der Waals surface area (Å²) >= 11 is 0. The fourth-order valence-corrected chi connectivity index (χ4v) is 8.20. The molecule has 3 aromatic rings. The zero-order chi connectivity index (χ0) is 32.1. The van der Waals surface area contributed by atoms with Gasteiger partial charge in [0.05, 0.1) is 29.5 Å². The average Bonchev–Trinajstić information content (AvgIpc) is 3.45. The number of sulfone groups is 1. The van der Waals surface area contributed by atoms with E-state index in [-0.39, 0.29) is 34.7 Å². The maximum atomic E-state index is 13.5. The van der Waals surface area contributed by atoms with Crippen molar-refractivity contribution in [2.24, 2.45) is 5.73 Å². The lowest BCUT2D eigenvalue weighted by atomic mass is 9.88. The Bertz CT molecular complexity index is 1660. The Kier molecular flexibility index (Phi) is 10.6. The number of rotatable bonds is 13. The molecule has 2 aliphatic rings. The van der Waals surface area contributed by atoms with Crippen molar-refractivity contribution in [1.82, 2.24) is 14.6 Å². The van der Waals surface area contributed by atoms with Crippen molar-refractivity contribution in [3.63, 3.8) is 0 Å². The van der Waals surface area contributed by atoms with Crippen LogP contribution in [0.15, 0.2) is 76.8 Å². The summed E-state index contributed by atoms with van der Waals surface area (Å²) in [5, 5.41) is 22.8. The van der Waals surface area contributed by atoms with Crippen LogP contribution < -0.4 is 15.8 Å². The van der Waals surface area contributed by atoms with Gasteiger partial charge in [0, 0.05) is 50.2 Å². The highest BCUT2D eigenvalue weighted by atomic mass is 32.2. The molecule has 5 N–H and O–H groups in total. The van der Waals surface area contributed by atoms with E-state index in [0.717, 1.165) is 11.1 Å². The number of benzene rings is 2. The largest absolute Gasteiger partial charge is 0.491 e. The SMILES string of the molecule is NCc1ccc(-c2cncc(S(=O)(=O)N3CCC4(CC3)C[C@@H](NCC(O)COc3cccc(S(=O)(=O)CCO)c3)CO4)c2)cc1. The Balaban J connectivity index is 1.10. The first kappa shape index (κ1) is 33.4. The van der Waals surface area contributed by atoms with Crippen molar-refractivity contribution in [2.45, 2.75) is 53.3 Å². The van der Waals surface area contributed by atoms with Crippen LogP contribution in [0.1, 0.15) is 24.8 Å². The lowest BCUT2D eigenvalue weighted by Gasteiger charge is -2.38. The van der Waals surface area contributed by atoms with E-state index in [9.17, 15) is 21.9 Å². The second-order valence-corrected chi connectivity index (χ2v) is 15.5. The molecule has 3 heterocycles. The van der Waals surface area contributed by atoms with E-state index in [2.05, 4.69) is 10.3 Å². The molecular formula is C31H40N4O8S2. The minimum absolute atomic E-state index is 0.0127. The highest BCUT2D eigenvalue weighted by molar-refractivity contribution is 7.91. The van der Waals surface area contributed by atoms with Gasteiger partial charge in [-0.25, -0.2) is 16.8 Å². The Labute approximate surface area is 264 Å². The maximum Gasteiger partial charge on any atom is 0.244 e. The quantitative estimate of drug-likeness (QED) is 0.208. The van der Waals surface area contributed by atoms with E-state index >= 15 is 0 Å². The molecule has 2 aromatic carbocycles. The first-order valence-corrected chi connectivity index (χ1v) is 18.0. The molecule has 0 saturated carbocycles. The lowest BCUT2D eigenvalue weighted by Crippen LogP contribution is -2.47. The van der Waals surface area contributed by atoms with Crippen LogP contribution in [0.25, 0.3) is 11.1 Å². The third kappa shape index (κ3) is 8.07. The molecule has 14 heteroatoms. The van der Waals surface area contributed by atoms with Crippen molar-refractivity contribution >= 4 is 19.9 Å². The van der Waals surface area contributed by atoms with Gasteiger partial charge in [-0.2, -0.15) is 4.31 Å². The molecule has 45 heavy (non-hydrogen) atoms. The van der Waals surface area contributed by atoms with Crippen molar-refractivity contribution < 1.29 is 36.5 Å². The van der Waals surface area contributed by atoms with Gasteiger partial charge >= 0.3 is 0 Å². The number of nitrogens with zero attached hydrogens (tertiary/aromatic N) is 2. The number of hydrogen-bond acceptors (Lipinski definition) is 11. The van der Waals surface area contributed by atoms with Crippen molar-refractivity contribution in [3.8, 4) is 16.9 Å². The zero-order valence-corrected chi connectivity index (χ0v) is 26.5. The van der Waals surface area contributed by atoms with Crippen LogP contribution in [0.4, 0.5) is 0 Å². The molecular weight excluding hydrogens is 620 g/mol. The highest BCUT2D eigenvalue weighted by Crippen LogP contribution is 2.37. The average molecular weight is 661 g/mol. The van der Waals surface area contributed by atoms with Crippen molar-refractivity contribution in [1.29, 1.82) is 0 Å². The summed E-state index contributed by atoms with van der Waals surface area (Å²) < 4.78 is 64.7.